The number of carbonyl (C=O) groups excluding carboxylic acids is 1. The van der Waals surface area contributed by atoms with Crippen molar-refractivity contribution in [3.8, 4) is 17.6 Å². The van der Waals surface area contributed by atoms with Crippen LogP contribution in [0.15, 0.2) is 42.5 Å². The van der Waals surface area contributed by atoms with E-state index in [0.717, 1.165) is 0 Å². The van der Waals surface area contributed by atoms with Crippen LogP contribution in [0, 0.1) is 11.3 Å². The molecule has 2 aromatic carbocycles. The molecule has 0 unspecified atom stereocenters. The van der Waals surface area contributed by atoms with Gasteiger partial charge in [-0.3, -0.25) is 4.79 Å². The third kappa shape index (κ3) is 2.68. The lowest BCUT2D eigenvalue weighted by Gasteiger charge is -2.07. The molecule has 0 fully saturated rings. The van der Waals surface area contributed by atoms with Gasteiger partial charge < -0.3 is 4.74 Å². The van der Waals surface area contributed by atoms with Gasteiger partial charge in [0.2, 0.25) is 0 Å². The lowest BCUT2D eigenvalue weighted by molar-refractivity contribution is 0.112. The van der Waals surface area contributed by atoms with Gasteiger partial charge in [0.15, 0.2) is 0 Å². The molecule has 2 rings (SSSR count). The highest BCUT2D eigenvalue weighted by atomic mass is 35.5. The monoisotopic (exact) mass is 257 g/mol. The maximum Gasteiger partial charge on any atom is 0.150 e. The van der Waals surface area contributed by atoms with Gasteiger partial charge in [-0.15, -0.1) is 0 Å². The van der Waals surface area contributed by atoms with E-state index in [1.165, 1.54) is 6.07 Å². The summed E-state index contributed by atoms with van der Waals surface area (Å²) in [6.07, 6.45) is 0.685. The van der Waals surface area contributed by atoms with Gasteiger partial charge in [0.1, 0.15) is 23.9 Å². The number of rotatable bonds is 3. The predicted molar refractivity (Wildman–Crippen MR) is 68.1 cm³/mol. The molecule has 0 amide bonds. The van der Waals surface area contributed by atoms with Crippen molar-refractivity contribution in [2.45, 2.75) is 0 Å². The van der Waals surface area contributed by atoms with Crippen LogP contribution in [0.1, 0.15) is 15.9 Å². The fourth-order valence-electron chi connectivity index (χ4n) is 1.45. The molecule has 0 saturated carbocycles. The summed E-state index contributed by atoms with van der Waals surface area (Å²) < 4.78 is 5.56. The number of nitriles is 1. The molecular formula is C14H8ClNO2. The first-order valence-electron chi connectivity index (χ1n) is 5.15. The Bertz CT molecular complexity index is 632. The molecule has 0 aliphatic rings. The topological polar surface area (TPSA) is 50.1 Å². The maximum atomic E-state index is 10.6. The van der Waals surface area contributed by atoms with E-state index in [2.05, 4.69) is 0 Å². The highest BCUT2D eigenvalue weighted by molar-refractivity contribution is 6.30. The molecule has 0 spiro atoms. The number of carbonyl (C=O) groups is 1. The first kappa shape index (κ1) is 12.2. The minimum atomic E-state index is 0.305. The van der Waals surface area contributed by atoms with Crippen LogP contribution in [0.3, 0.4) is 0 Å². The highest BCUT2D eigenvalue weighted by Gasteiger charge is 2.06. The number of aldehydes is 1. The summed E-state index contributed by atoms with van der Waals surface area (Å²) in [5.41, 5.74) is 0.740. The van der Waals surface area contributed by atoms with Crippen molar-refractivity contribution in [1.29, 1.82) is 5.26 Å². The van der Waals surface area contributed by atoms with E-state index >= 15 is 0 Å². The molecule has 0 saturated heterocycles. The largest absolute Gasteiger partial charge is 0.456 e. The third-order valence-electron chi connectivity index (χ3n) is 2.28. The molecule has 88 valence electrons. The maximum absolute atomic E-state index is 10.6. The van der Waals surface area contributed by atoms with Gasteiger partial charge in [-0.05, 0) is 36.4 Å². The van der Waals surface area contributed by atoms with E-state index in [-0.39, 0.29) is 0 Å². The van der Waals surface area contributed by atoms with Crippen LogP contribution in [-0.4, -0.2) is 6.29 Å². The number of hydrogen-bond donors (Lipinski definition) is 0. The summed E-state index contributed by atoms with van der Waals surface area (Å²) in [5, 5.41) is 9.55. The molecule has 0 aliphatic heterocycles. The third-order valence-corrected chi connectivity index (χ3v) is 2.52. The number of halogens is 1. The molecule has 18 heavy (non-hydrogen) atoms. The van der Waals surface area contributed by atoms with Crippen molar-refractivity contribution < 1.29 is 9.53 Å². The Kier molecular flexibility index (Phi) is 3.61. The molecule has 0 atom stereocenters. The van der Waals surface area contributed by atoms with Crippen LogP contribution >= 0.6 is 11.6 Å². The zero-order chi connectivity index (χ0) is 13.0. The molecule has 4 heteroatoms. The standard InChI is InChI=1S/C14H8ClNO2/c15-12-2-1-3-13(7-12)18-14-5-4-10(9-17)6-11(14)8-16/h1-7,9H. The van der Waals surface area contributed by atoms with Crippen LogP contribution in [0.5, 0.6) is 11.5 Å². The highest BCUT2D eigenvalue weighted by Crippen LogP contribution is 2.27. The van der Waals surface area contributed by atoms with Gasteiger partial charge in [-0.2, -0.15) is 5.26 Å². The second-order valence-corrected chi connectivity index (χ2v) is 3.98. The fraction of sp³-hybridized carbons (Fsp3) is 0. The Morgan fingerprint density at radius 1 is 1.22 bits per heavy atom. The average molecular weight is 258 g/mol. The lowest BCUT2D eigenvalue weighted by atomic mass is 10.1. The lowest BCUT2D eigenvalue weighted by Crippen LogP contribution is -1.90. The fourth-order valence-corrected chi connectivity index (χ4v) is 1.64. The van der Waals surface area contributed by atoms with Gasteiger partial charge in [0.05, 0.1) is 5.56 Å². The Morgan fingerprint density at radius 2 is 2.06 bits per heavy atom. The van der Waals surface area contributed by atoms with Crippen LogP contribution in [-0.2, 0) is 0 Å². The van der Waals surface area contributed by atoms with Crippen molar-refractivity contribution in [3.63, 3.8) is 0 Å². The molecule has 0 bridgehead atoms. The van der Waals surface area contributed by atoms with E-state index in [4.69, 9.17) is 21.6 Å². The second kappa shape index (κ2) is 5.35. The summed E-state index contributed by atoms with van der Waals surface area (Å²) in [6.45, 7) is 0. The minimum absolute atomic E-state index is 0.305. The van der Waals surface area contributed by atoms with Crippen molar-refractivity contribution in [1.82, 2.24) is 0 Å². The van der Waals surface area contributed by atoms with Crippen LogP contribution in [0.2, 0.25) is 5.02 Å². The predicted octanol–water partition coefficient (Wildman–Crippen LogP) is 3.82. The first-order valence-corrected chi connectivity index (χ1v) is 5.53. The Morgan fingerprint density at radius 3 is 2.72 bits per heavy atom. The molecule has 0 aromatic heterocycles. The van der Waals surface area contributed by atoms with Gasteiger partial charge in [-0.1, -0.05) is 17.7 Å². The Hall–Kier alpha value is -2.31. The number of nitrogens with zero attached hydrogens (tertiary/aromatic N) is 1. The van der Waals surface area contributed by atoms with Crippen molar-refractivity contribution in [2.24, 2.45) is 0 Å². The number of benzene rings is 2. The number of ether oxygens (including phenoxy) is 1. The summed E-state index contributed by atoms with van der Waals surface area (Å²) in [4.78, 5) is 10.6. The van der Waals surface area contributed by atoms with Crippen LogP contribution < -0.4 is 4.74 Å². The van der Waals surface area contributed by atoms with Gasteiger partial charge in [-0.25, -0.2) is 0 Å². The van der Waals surface area contributed by atoms with E-state index in [1.807, 2.05) is 6.07 Å². The summed E-state index contributed by atoms with van der Waals surface area (Å²) in [5.74, 6) is 0.934. The molecule has 0 aliphatic carbocycles. The van der Waals surface area contributed by atoms with E-state index in [0.29, 0.717) is 33.9 Å². The van der Waals surface area contributed by atoms with Crippen LogP contribution in [0.4, 0.5) is 0 Å². The van der Waals surface area contributed by atoms with Crippen LogP contribution in [0.25, 0.3) is 0 Å². The molecule has 0 radical (unpaired) electrons. The average Bonchev–Trinajstić information content (AvgIpc) is 2.39. The Labute approximate surface area is 109 Å². The van der Waals surface area contributed by atoms with Gasteiger partial charge >= 0.3 is 0 Å². The van der Waals surface area contributed by atoms with Crippen molar-refractivity contribution >= 4 is 17.9 Å². The Balaban J connectivity index is 2.35. The first-order chi connectivity index (χ1) is 8.72. The molecule has 2 aromatic rings. The van der Waals surface area contributed by atoms with Crippen molar-refractivity contribution in [2.75, 3.05) is 0 Å². The zero-order valence-corrected chi connectivity index (χ0v) is 10.0. The van der Waals surface area contributed by atoms with E-state index in [1.54, 1.807) is 36.4 Å². The summed E-state index contributed by atoms with van der Waals surface area (Å²) in [6, 6.07) is 13.5. The summed E-state index contributed by atoms with van der Waals surface area (Å²) >= 11 is 5.84. The zero-order valence-electron chi connectivity index (χ0n) is 9.26. The van der Waals surface area contributed by atoms with Crippen molar-refractivity contribution in [3.05, 3.63) is 58.6 Å². The molecule has 0 heterocycles. The normalized spacial score (nSPS) is 9.56. The summed E-state index contributed by atoms with van der Waals surface area (Å²) in [7, 11) is 0. The minimum Gasteiger partial charge on any atom is -0.456 e. The van der Waals surface area contributed by atoms with E-state index in [9.17, 15) is 4.79 Å². The smallest absolute Gasteiger partial charge is 0.150 e. The SMILES string of the molecule is N#Cc1cc(C=O)ccc1Oc1cccc(Cl)c1. The number of hydrogen-bond acceptors (Lipinski definition) is 3. The van der Waals surface area contributed by atoms with Gasteiger partial charge in [0, 0.05) is 10.6 Å². The molecule has 3 nitrogen and oxygen atoms in total. The van der Waals surface area contributed by atoms with E-state index < -0.39 is 0 Å². The molecule has 0 N–H and O–H groups in total. The quantitative estimate of drug-likeness (QED) is 0.786. The molecular weight excluding hydrogens is 250 g/mol. The van der Waals surface area contributed by atoms with Gasteiger partial charge in [0.25, 0.3) is 0 Å². The second-order valence-electron chi connectivity index (χ2n) is 3.54.